The fraction of sp³-hybridized carbons (Fsp3) is 0.500. The van der Waals surface area contributed by atoms with Gasteiger partial charge in [-0.1, -0.05) is 18.2 Å². The maximum absolute atomic E-state index is 13.3. The van der Waals surface area contributed by atoms with E-state index in [9.17, 15) is 35.5 Å². The van der Waals surface area contributed by atoms with Crippen LogP contribution >= 0.6 is 0 Å². The van der Waals surface area contributed by atoms with E-state index < -0.39 is 36.2 Å². The number of fused-ring (bicyclic) bond motifs is 1. The van der Waals surface area contributed by atoms with Crippen LogP contribution in [0.15, 0.2) is 61.2 Å². The number of carbonyl (C=O) groups excluding carboxylic acids is 1. The molecule has 1 amide bonds. The van der Waals surface area contributed by atoms with Gasteiger partial charge in [0.1, 0.15) is 18.5 Å². The number of benzene rings is 2. The second kappa shape index (κ2) is 13.2. The highest BCUT2D eigenvalue weighted by Gasteiger charge is 2.44. The van der Waals surface area contributed by atoms with Crippen LogP contribution in [-0.4, -0.2) is 68.3 Å². The summed E-state index contributed by atoms with van der Waals surface area (Å²) in [5, 5.41) is 7.71. The molecule has 3 saturated heterocycles. The number of hydrogen-bond acceptors (Lipinski definition) is 5. The molecule has 1 aromatic heterocycles. The van der Waals surface area contributed by atoms with Gasteiger partial charge in [-0.2, -0.15) is 26.3 Å². The van der Waals surface area contributed by atoms with Gasteiger partial charge in [0.2, 0.25) is 5.91 Å². The van der Waals surface area contributed by atoms with Crippen LogP contribution in [0.1, 0.15) is 54.8 Å². The van der Waals surface area contributed by atoms with Crippen molar-refractivity contribution in [3.05, 3.63) is 83.7 Å². The fourth-order valence-electron chi connectivity index (χ4n) is 6.17. The van der Waals surface area contributed by atoms with E-state index in [1.165, 1.54) is 12.1 Å². The molecule has 2 aromatic carbocycles. The Morgan fingerprint density at radius 2 is 1.43 bits per heavy atom. The Labute approximate surface area is 249 Å². The van der Waals surface area contributed by atoms with Crippen LogP contribution in [-0.2, 0) is 28.5 Å². The van der Waals surface area contributed by atoms with Gasteiger partial charge >= 0.3 is 12.4 Å². The molecular formula is C30H32F7N5O2. The van der Waals surface area contributed by atoms with Crippen molar-refractivity contribution in [3.63, 3.8) is 0 Å². The number of aromatic nitrogens is 3. The van der Waals surface area contributed by atoms with Crippen LogP contribution in [0.4, 0.5) is 30.7 Å². The summed E-state index contributed by atoms with van der Waals surface area (Å²) in [4.78, 5) is 17.3. The monoisotopic (exact) mass is 627 g/mol. The van der Waals surface area contributed by atoms with E-state index in [0.717, 1.165) is 32.4 Å². The molecule has 3 aliphatic heterocycles. The summed E-state index contributed by atoms with van der Waals surface area (Å²) in [6.45, 7) is 1.43. The van der Waals surface area contributed by atoms with Crippen molar-refractivity contribution in [1.82, 2.24) is 24.6 Å². The van der Waals surface area contributed by atoms with Gasteiger partial charge in [0.05, 0.1) is 29.9 Å². The fourth-order valence-corrected chi connectivity index (χ4v) is 6.17. The van der Waals surface area contributed by atoms with Gasteiger partial charge < -0.3 is 14.2 Å². The highest BCUT2D eigenvalue weighted by Crippen LogP contribution is 2.37. The minimum absolute atomic E-state index is 0.0172. The standard InChI is InChI=1S/C24H27F6N5O2.C6H5F/c25-23(26,27)16-7-15(8-17(9-16)24(28,29)30)12-37-20-10-19-1-2-21(22(36)35(19)11-20)33-5-3-18(4-6-33)34-13-31-32-14-34;7-6-4-2-1-3-5-6/h7-9,13-14,18-21H,1-6,10-12H2;1-5H. The Bertz CT molecular complexity index is 1340. The maximum Gasteiger partial charge on any atom is 0.416 e. The van der Waals surface area contributed by atoms with Gasteiger partial charge in [0.25, 0.3) is 0 Å². The molecule has 0 bridgehead atoms. The number of amides is 1. The van der Waals surface area contributed by atoms with Gasteiger partial charge in [-0.3, -0.25) is 9.69 Å². The number of likely N-dealkylation sites (tertiary alicyclic amines) is 1. The Balaban J connectivity index is 0.000000484. The van der Waals surface area contributed by atoms with Gasteiger partial charge in [-0.25, -0.2) is 4.39 Å². The van der Waals surface area contributed by atoms with E-state index in [0.29, 0.717) is 31.0 Å². The summed E-state index contributed by atoms with van der Waals surface area (Å²) in [5.74, 6) is -0.161. The number of ether oxygens (including phenoxy) is 1. The number of halogens is 7. The Hall–Kier alpha value is -3.52. The van der Waals surface area contributed by atoms with Gasteiger partial charge in [-0.15, -0.1) is 10.2 Å². The van der Waals surface area contributed by atoms with Crippen LogP contribution in [0, 0.1) is 5.82 Å². The predicted molar refractivity (Wildman–Crippen MR) is 144 cm³/mol. The molecule has 3 aromatic rings. The normalized spacial score (nSPS) is 23.3. The van der Waals surface area contributed by atoms with Crippen LogP contribution < -0.4 is 0 Å². The first kappa shape index (κ1) is 31.9. The molecule has 0 saturated carbocycles. The zero-order valence-electron chi connectivity index (χ0n) is 23.6. The van der Waals surface area contributed by atoms with Gasteiger partial charge in [-0.05, 0) is 68.0 Å². The van der Waals surface area contributed by atoms with Crippen molar-refractivity contribution in [3.8, 4) is 0 Å². The summed E-state index contributed by atoms with van der Waals surface area (Å²) >= 11 is 0. The van der Waals surface area contributed by atoms with Crippen molar-refractivity contribution in [2.45, 2.75) is 75.3 Å². The molecule has 0 N–H and O–H groups in total. The molecule has 4 heterocycles. The molecule has 44 heavy (non-hydrogen) atoms. The van der Waals surface area contributed by atoms with Crippen molar-refractivity contribution >= 4 is 5.91 Å². The molecule has 238 valence electrons. The lowest BCUT2D eigenvalue weighted by Crippen LogP contribution is -2.55. The number of nitrogens with zero attached hydrogens (tertiary/aromatic N) is 5. The molecule has 3 atom stereocenters. The van der Waals surface area contributed by atoms with Crippen molar-refractivity contribution in [2.24, 2.45) is 0 Å². The van der Waals surface area contributed by atoms with Gasteiger partial charge in [0.15, 0.2) is 0 Å². The van der Waals surface area contributed by atoms with Gasteiger partial charge in [0, 0.05) is 31.7 Å². The molecule has 0 aliphatic carbocycles. The molecule has 3 fully saturated rings. The quantitative estimate of drug-likeness (QED) is 0.319. The van der Waals surface area contributed by atoms with Crippen LogP contribution in [0.5, 0.6) is 0 Å². The first-order valence-electron chi connectivity index (χ1n) is 14.4. The molecule has 3 unspecified atom stereocenters. The molecule has 14 heteroatoms. The third-order valence-corrected chi connectivity index (χ3v) is 8.38. The first-order chi connectivity index (χ1) is 20.9. The van der Waals surface area contributed by atoms with E-state index >= 15 is 0 Å². The van der Waals surface area contributed by atoms with E-state index in [4.69, 9.17) is 4.74 Å². The minimum Gasteiger partial charge on any atom is -0.372 e. The largest absolute Gasteiger partial charge is 0.416 e. The topological polar surface area (TPSA) is 63.5 Å². The number of piperidine rings is 2. The van der Waals surface area contributed by atoms with Crippen molar-refractivity contribution in [1.29, 1.82) is 0 Å². The summed E-state index contributed by atoms with van der Waals surface area (Å²) < 4.78 is 98.5. The number of alkyl halides is 6. The summed E-state index contributed by atoms with van der Waals surface area (Å²) in [5.41, 5.74) is -2.93. The van der Waals surface area contributed by atoms with E-state index in [-0.39, 0.29) is 42.0 Å². The van der Waals surface area contributed by atoms with Crippen molar-refractivity contribution < 1.29 is 40.3 Å². The summed E-state index contributed by atoms with van der Waals surface area (Å²) in [6.07, 6.45) is -3.09. The number of rotatable bonds is 5. The Kier molecular flexibility index (Phi) is 9.59. The lowest BCUT2D eigenvalue weighted by Gasteiger charge is -2.42. The highest BCUT2D eigenvalue weighted by molar-refractivity contribution is 5.83. The molecular weight excluding hydrogens is 595 g/mol. The van der Waals surface area contributed by atoms with E-state index in [2.05, 4.69) is 15.1 Å². The number of hydrogen-bond donors (Lipinski definition) is 0. The number of carbonyl (C=O) groups is 1. The lowest BCUT2D eigenvalue weighted by atomic mass is 9.94. The van der Waals surface area contributed by atoms with E-state index in [1.807, 2.05) is 4.57 Å². The smallest absolute Gasteiger partial charge is 0.372 e. The molecule has 7 nitrogen and oxygen atoms in total. The highest BCUT2D eigenvalue weighted by atomic mass is 19.4. The zero-order chi connectivity index (χ0) is 31.5. The SMILES string of the molecule is Fc1ccccc1.O=C1C(N2CCC(n3cnnc3)CC2)CCC2CC(OCc3cc(C(F)(F)F)cc(C(F)(F)F)c3)CN12. The van der Waals surface area contributed by atoms with Crippen LogP contribution in [0.2, 0.25) is 0 Å². The zero-order valence-corrected chi connectivity index (χ0v) is 23.6. The summed E-state index contributed by atoms with van der Waals surface area (Å²) in [7, 11) is 0. The average Bonchev–Trinajstić information content (AvgIpc) is 3.67. The first-order valence-corrected chi connectivity index (χ1v) is 14.4. The third-order valence-electron chi connectivity index (χ3n) is 8.38. The van der Waals surface area contributed by atoms with Crippen LogP contribution in [0.3, 0.4) is 0 Å². The Morgan fingerprint density at radius 1 is 0.818 bits per heavy atom. The molecule has 0 radical (unpaired) electrons. The third kappa shape index (κ3) is 7.76. The molecule has 3 aliphatic rings. The second-order valence-electron chi connectivity index (χ2n) is 11.3. The minimum atomic E-state index is -4.91. The predicted octanol–water partition coefficient (Wildman–Crippen LogP) is 6.13. The van der Waals surface area contributed by atoms with Crippen LogP contribution in [0.25, 0.3) is 0 Å². The van der Waals surface area contributed by atoms with E-state index in [1.54, 1.807) is 35.8 Å². The Morgan fingerprint density at radius 3 is 1.98 bits per heavy atom. The lowest BCUT2D eigenvalue weighted by molar-refractivity contribution is -0.144. The summed E-state index contributed by atoms with van der Waals surface area (Å²) in [6, 6.07) is 9.45. The van der Waals surface area contributed by atoms with Crippen molar-refractivity contribution in [2.75, 3.05) is 19.6 Å². The molecule has 0 spiro atoms. The maximum atomic E-state index is 13.3. The second-order valence-corrected chi connectivity index (χ2v) is 11.3. The molecule has 6 rings (SSSR count). The average molecular weight is 628 g/mol.